The third-order valence-corrected chi connectivity index (χ3v) is 3.49. The van der Waals surface area contributed by atoms with Gasteiger partial charge in [0.1, 0.15) is 12.3 Å². The third kappa shape index (κ3) is 2.10. The van der Waals surface area contributed by atoms with Gasteiger partial charge in [-0.3, -0.25) is 4.57 Å². The Hall–Kier alpha value is -1.48. The van der Waals surface area contributed by atoms with Crippen LogP contribution in [-0.4, -0.2) is 55.6 Å². The maximum absolute atomic E-state index is 9.80. The zero-order valence-corrected chi connectivity index (χ0v) is 11.4. The molecule has 0 spiro atoms. The van der Waals surface area contributed by atoms with Crippen LogP contribution in [0.5, 0.6) is 0 Å². The molecule has 3 atom stereocenters. The Balaban J connectivity index is 2.03. The second kappa shape index (κ2) is 5.13. The monoisotopic (exact) mass is 299 g/mol. The van der Waals surface area contributed by atoms with E-state index in [1.165, 1.54) is 0 Å². The lowest BCUT2D eigenvalue weighted by Gasteiger charge is -2.13. The second-order valence-corrected chi connectivity index (χ2v) is 4.87. The number of aromatic nitrogens is 4. The lowest BCUT2D eigenvalue weighted by Crippen LogP contribution is -2.24. The number of fused-ring (bicyclic) bond motifs is 1. The number of aliphatic hydroxyl groups is 2. The predicted molar refractivity (Wildman–Crippen MR) is 71.5 cm³/mol. The van der Waals surface area contributed by atoms with Crippen molar-refractivity contribution < 1.29 is 14.9 Å². The summed E-state index contributed by atoms with van der Waals surface area (Å²) in [5.74, 6) is 0.524. The van der Waals surface area contributed by atoms with Crippen LogP contribution in [0, 0.1) is 0 Å². The predicted octanol–water partition coefficient (Wildman–Crippen LogP) is 0.162. The summed E-state index contributed by atoms with van der Waals surface area (Å²) in [5.41, 5.74) is 1.09. The molecule has 0 saturated carbocycles. The van der Waals surface area contributed by atoms with Gasteiger partial charge in [-0.05, 0) is 11.6 Å². The quantitative estimate of drug-likeness (QED) is 0.693. The standard InChI is InChI=1S/C11H14ClN5O3/c1-13-9-8-10(16-11(12)15-9)17(4-14-8)7-2-5(19)6(3-18)20-7/h4-7,18-19H,2-3H2,1H3,(H,13,15,16)/t5?,6-,7-/m1/s1. The van der Waals surface area contributed by atoms with Crippen LogP contribution in [-0.2, 0) is 4.74 Å². The SMILES string of the molecule is CNc1nc(Cl)nc2c1ncn2[C@H]1CC(O)[C@@H](CO)O1. The number of anilines is 1. The lowest BCUT2D eigenvalue weighted by molar-refractivity contribution is -0.0432. The van der Waals surface area contributed by atoms with E-state index in [4.69, 9.17) is 21.4 Å². The van der Waals surface area contributed by atoms with Gasteiger partial charge in [0, 0.05) is 13.5 Å². The number of rotatable bonds is 3. The molecule has 20 heavy (non-hydrogen) atoms. The molecule has 108 valence electrons. The summed E-state index contributed by atoms with van der Waals surface area (Å²) in [7, 11) is 1.72. The van der Waals surface area contributed by atoms with Crippen molar-refractivity contribution in [3.63, 3.8) is 0 Å². The average molecular weight is 300 g/mol. The first kappa shape index (κ1) is 13.5. The highest BCUT2D eigenvalue weighted by Crippen LogP contribution is 2.32. The first-order chi connectivity index (χ1) is 9.63. The van der Waals surface area contributed by atoms with Gasteiger partial charge in [-0.15, -0.1) is 0 Å². The fourth-order valence-electron chi connectivity index (χ4n) is 2.33. The van der Waals surface area contributed by atoms with Crippen LogP contribution in [0.4, 0.5) is 5.82 Å². The number of hydrogen-bond donors (Lipinski definition) is 3. The summed E-state index contributed by atoms with van der Waals surface area (Å²) in [6, 6.07) is 0. The van der Waals surface area contributed by atoms with E-state index in [2.05, 4.69) is 20.3 Å². The molecule has 1 saturated heterocycles. The maximum atomic E-state index is 9.80. The molecular weight excluding hydrogens is 286 g/mol. The summed E-state index contributed by atoms with van der Waals surface area (Å²) in [5, 5.41) is 21.9. The van der Waals surface area contributed by atoms with Gasteiger partial charge >= 0.3 is 0 Å². The van der Waals surface area contributed by atoms with Crippen LogP contribution in [0.25, 0.3) is 11.2 Å². The first-order valence-electron chi connectivity index (χ1n) is 6.16. The van der Waals surface area contributed by atoms with Gasteiger partial charge in [-0.2, -0.15) is 9.97 Å². The van der Waals surface area contributed by atoms with E-state index in [9.17, 15) is 5.11 Å². The highest BCUT2D eigenvalue weighted by atomic mass is 35.5. The smallest absolute Gasteiger partial charge is 0.226 e. The normalized spacial score (nSPS) is 26.3. The number of halogens is 1. The van der Waals surface area contributed by atoms with Gasteiger partial charge in [0.25, 0.3) is 0 Å². The minimum atomic E-state index is -0.719. The van der Waals surface area contributed by atoms with E-state index >= 15 is 0 Å². The minimum absolute atomic E-state index is 0.0980. The van der Waals surface area contributed by atoms with Gasteiger partial charge in [0.15, 0.2) is 17.0 Å². The topological polar surface area (TPSA) is 105 Å². The van der Waals surface area contributed by atoms with Crippen molar-refractivity contribution in [1.82, 2.24) is 19.5 Å². The van der Waals surface area contributed by atoms with Crippen LogP contribution in [0.15, 0.2) is 6.33 Å². The Morgan fingerprint density at radius 1 is 1.55 bits per heavy atom. The van der Waals surface area contributed by atoms with Crippen molar-refractivity contribution in [2.75, 3.05) is 19.0 Å². The molecule has 3 rings (SSSR count). The number of nitrogens with zero attached hydrogens (tertiary/aromatic N) is 4. The van der Waals surface area contributed by atoms with Crippen LogP contribution in [0.2, 0.25) is 5.28 Å². The van der Waals surface area contributed by atoms with Crippen LogP contribution >= 0.6 is 11.6 Å². The number of hydrogen-bond acceptors (Lipinski definition) is 7. The molecule has 1 aliphatic heterocycles. The molecule has 0 radical (unpaired) electrons. The van der Waals surface area contributed by atoms with Crippen LogP contribution in [0.3, 0.4) is 0 Å². The molecule has 3 heterocycles. The Morgan fingerprint density at radius 3 is 3.00 bits per heavy atom. The van der Waals surface area contributed by atoms with E-state index in [-0.39, 0.29) is 11.9 Å². The van der Waals surface area contributed by atoms with Crippen LogP contribution < -0.4 is 5.32 Å². The molecule has 2 aromatic rings. The maximum Gasteiger partial charge on any atom is 0.226 e. The van der Waals surface area contributed by atoms with Crippen molar-refractivity contribution in [1.29, 1.82) is 0 Å². The molecule has 9 heteroatoms. The summed E-state index contributed by atoms with van der Waals surface area (Å²) >= 11 is 5.89. The van der Waals surface area contributed by atoms with Gasteiger partial charge < -0.3 is 20.3 Å². The first-order valence-corrected chi connectivity index (χ1v) is 6.54. The molecule has 0 bridgehead atoms. The summed E-state index contributed by atoms with van der Waals surface area (Å²) < 4.78 is 7.27. The van der Waals surface area contributed by atoms with Crippen molar-refractivity contribution in [2.45, 2.75) is 24.9 Å². The summed E-state index contributed by atoms with van der Waals surface area (Å²) in [6.45, 7) is -0.234. The zero-order valence-electron chi connectivity index (χ0n) is 10.7. The number of nitrogens with one attached hydrogen (secondary N) is 1. The summed E-state index contributed by atoms with van der Waals surface area (Å²) in [6.07, 6.45) is 0.158. The number of ether oxygens (including phenoxy) is 1. The van der Waals surface area contributed by atoms with Crippen molar-refractivity contribution in [3.05, 3.63) is 11.6 Å². The molecule has 1 aliphatic rings. The van der Waals surface area contributed by atoms with Crippen LogP contribution in [0.1, 0.15) is 12.6 Å². The van der Waals surface area contributed by atoms with E-state index in [1.54, 1.807) is 17.9 Å². The molecule has 2 aromatic heterocycles. The fourth-order valence-corrected chi connectivity index (χ4v) is 2.49. The fraction of sp³-hybridized carbons (Fsp3) is 0.545. The highest BCUT2D eigenvalue weighted by Gasteiger charge is 2.35. The Morgan fingerprint density at radius 2 is 2.35 bits per heavy atom. The molecule has 8 nitrogen and oxygen atoms in total. The highest BCUT2D eigenvalue weighted by molar-refractivity contribution is 6.28. The van der Waals surface area contributed by atoms with E-state index < -0.39 is 18.4 Å². The summed E-state index contributed by atoms with van der Waals surface area (Å²) in [4.78, 5) is 12.4. The molecular formula is C11H14ClN5O3. The second-order valence-electron chi connectivity index (χ2n) is 4.53. The Kier molecular flexibility index (Phi) is 3.47. The zero-order chi connectivity index (χ0) is 14.3. The van der Waals surface area contributed by atoms with Crippen molar-refractivity contribution in [2.24, 2.45) is 0 Å². The Bertz CT molecular complexity index is 634. The van der Waals surface area contributed by atoms with E-state index in [1.807, 2.05) is 0 Å². The average Bonchev–Trinajstić information content (AvgIpc) is 3.00. The Labute approximate surface area is 119 Å². The minimum Gasteiger partial charge on any atom is -0.394 e. The lowest BCUT2D eigenvalue weighted by atomic mass is 10.2. The molecule has 3 N–H and O–H groups in total. The molecule has 0 amide bonds. The van der Waals surface area contributed by atoms with Gasteiger partial charge in [-0.1, -0.05) is 0 Å². The van der Waals surface area contributed by atoms with Crippen molar-refractivity contribution >= 4 is 28.6 Å². The van der Waals surface area contributed by atoms with Gasteiger partial charge in [0.2, 0.25) is 5.28 Å². The van der Waals surface area contributed by atoms with Crippen molar-refractivity contribution in [3.8, 4) is 0 Å². The van der Waals surface area contributed by atoms with E-state index in [0.717, 1.165) is 0 Å². The molecule has 1 unspecified atom stereocenters. The van der Waals surface area contributed by atoms with Gasteiger partial charge in [-0.25, -0.2) is 4.98 Å². The van der Waals surface area contributed by atoms with E-state index in [0.29, 0.717) is 23.4 Å². The molecule has 1 fully saturated rings. The number of aliphatic hydroxyl groups excluding tert-OH is 2. The number of imidazole rings is 1. The third-order valence-electron chi connectivity index (χ3n) is 3.33. The molecule has 0 aliphatic carbocycles. The van der Waals surface area contributed by atoms with Gasteiger partial charge in [0.05, 0.1) is 19.0 Å². The largest absolute Gasteiger partial charge is 0.394 e. The molecule has 0 aromatic carbocycles.